The molecule has 0 aliphatic heterocycles. The molecule has 3 aromatic heterocycles. The Morgan fingerprint density at radius 2 is 1.94 bits per heavy atom. The lowest BCUT2D eigenvalue weighted by atomic mass is 10.2. The molecule has 33 heavy (non-hydrogen) atoms. The van der Waals surface area contributed by atoms with Gasteiger partial charge in [0.05, 0.1) is 16.9 Å². The van der Waals surface area contributed by atoms with Gasteiger partial charge < -0.3 is 14.4 Å². The van der Waals surface area contributed by atoms with Crippen LogP contribution in [0.1, 0.15) is 27.9 Å². The van der Waals surface area contributed by atoms with Crippen LogP contribution in [-0.2, 0) is 23.0 Å². The largest absolute Gasteiger partial charge is 0.477 e. The number of aryl methyl sites for hydroxylation is 2. The van der Waals surface area contributed by atoms with Crippen LogP contribution in [-0.4, -0.2) is 50.3 Å². The molecule has 0 fully saturated rings. The Morgan fingerprint density at radius 3 is 2.55 bits per heavy atom. The average Bonchev–Trinajstić information content (AvgIpc) is 3.34. The molecular formula is C20H20N6O5S2. The third-order valence-electron chi connectivity index (χ3n) is 4.71. The van der Waals surface area contributed by atoms with Crippen molar-refractivity contribution in [1.82, 2.24) is 24.5 Å². The molecule has 172 valence electrons. The number of aromatic carboxylic acids is 1. The summed E-state index contributed by atoms with van der Waals surface area (Å²) >= 11 is 0.985. The summed E-state index contributed by atoms with van der Waals surface area (Å²) in [5.74, 6) is -0.635. The van der Waals surface area contributed by atoms with E-state index in [2.05, 4.69) is 25.3 Å². The number of ether oxygens (including phenoxy) is 1. The first-order valence-electron chi connectivity index (χ1n) is 9.78. The Hall–Kier alpha value is -3.58. The zero-order chi connectivity index (χ0) is 23.8. The first kappa shape index (κ1) is 22.6. The van der Waals surface area contributed by atoms with E-state index in [1.807, 2.05) is 11.5 Å². The van der Waals surface area contributed by atoms with Gasteiger partial charge >= 0.3 is 5.97 Å². The number of anilines is 2. The number of carbonyl (C=O) groups is 1. The first-order valence-corrected chi connectivity index (χ1v) is 12.5. The first-order chi connectivity index (χ1) is 15.7. The highest BCUT2D eigenvalue weighted by molar-refractivity contribution is 7.90. The second-order valence-corrected chi connectivity index (χ2v) is 10.1. The highest BCUT2D eigenvalue weighted by Gasteiger charge is 2.18. The number of hydrogen-bond acceptors (Lipinski definition) is 10. The molecule has 0 aliphatic rings. The Balaban J connectivity index is 1.64. The van der Waals surface area contributed by atoms with Gasteiger partial charge in [-0.1, -0.05) is 23.5 Å². The number of carboxylic acid groups (broad SMARTS) is 1. The van der Waals surface area contributed by atoms with Crippen LogP contribution in [0.3, 0.4) is 0 Å². The van der Waals surface area contributed by atoms with Crippen molar-refractivity contribution in [3.63, 3.8) is 0 Å². The van der Waals surface area contributed by atoms with Crippen LogP contribution in [0.5, 0.6) is 5.88 Å². The maximum Gasteiger partial charge on any atom is 0.347 e. The summed E-state index contributed by atoms with van der Waals surface area (Å²) < 4.78 is 31.0. The van der Waals surface area contributed by atoms with Gasteiger partial charge in [0, 0.05) is 12.8 Å². The number of nitrogens with zero attached hydrogens (tertiary/aromatic N) is 5. The standard InChI is InChI=1S/C20H20N6O5S2/c1-4-26-10-21-14-16(26)23-19(25-20-22-11(2)15(32-20)18(27)28)24-17(14)31-9-12-5-7-13(8-6-12)33(3,29)30/h5-8,10H,4,9H2,1-3H3,(H,27,28)(H,22,23,24,25). The zero-order valence-electron chi connectivity index (χ0n) is 17.9. The van der Waals surface area contributed by atoms with Crippen molar-refractivity contribution in [2.45, 2.75) is 31.9 Å². The Bertz CT molecular complexity index is 1440. The van der Waals surface area contributed by atoms with Crippen molar-refractivity contribution >= 4 is 49.4 Å². The quantitative estimate of drug-likeness (QED) is 0.379. The second kappa shape index (κ2) is 8.75. The number of rotatable bonds is 8. The zero-order valence-corrected chi connectivity index (χ0v) is 19.6. The van der Waals surface area contributed by atoms with Gasteiger partial charge in [-0.05, 0) is 31.5 Å². The van der Waals surface area contributed by atoms with Crippen molar-refractivity contribution in [3.8, 4) is 5.88 Å². The molecule has 0 bridgehead atoms. The molecule has 0 saturated heterocycles. The van der Waals surface area contributed by atoms with Crippen LogP contribution >= 0.6 is 11.3 Å². The lowest BCUT2D eigenvalue weighted by molar-refractivity contribution is 0.0701. The van der Waals surface area contributed by atoms with Gasteiger partial charge in [-0.2, -0.15) is 9.97 Å². The summed E-state index contributed by atoms with van der Waals surface area (Å²) in [6.07, 6.45) is 2.78. The molecule has 0 aliphatic carbocycles. The van der Waals surface area contributed by atoms with E-state index >= 15 is 0 Å². The summed E-state index contributed by atoms with van der Waals surface area (Å²) in [7, 11) is -3.28. The molecule has 4 aromatic rings. The fraction of sp³-hybridized carbons (Fsp3) is 0.250. The SMILES string of the molecule is CCn1cnc2c(OCc3ccc(S(C)(=O)=O)cc3)nc(Nc3nc(C)c(C(=O)O)s3)nc21. The van der Waals surface area contributed by atoms with E-state index in [4.69, 9.17) is 4.74 Å². The normalized spacial score (nSPS) is 11.6. The van der Waals surface area contributed by atoms with Gasteiger partial charge in [0.2, 0.25) is 11.8 Å². The van der Waals surface area contributed by atoms with Crippen LogP contribution in [0.25, 0.3) is 11.2 Å². The van der Waals surface area contributed by atoms with Gasteiger partial charge in [-0.15, -0.1) is 0 Å². The van der Waals surface area contributed by atoms with Crippen LogP contribution < -0.4 is 10.1 Å². The summed E-state index contributed by atoms with van der Waals surface area (Å²) in [4.78, 5) is 29.1. The highest BCUT2D eigenvalue weighted by atomic mass is 32.2. The Labute approximate surface area is 193 Å². The molecule has 13 heteroatoms. The lowest BCUT2D eigenvalue weighted by Crippen LogP contribution is -2.05. The molecule has 3 heterocycles. The van der Waals surface area contributed by atoms with E-state index in [1.54, 1.807) is 25.4 Å². The number of benzene rings is 1. The van der Waals surface area contributed by atoms with Crippen molar-refractivity contribution in [1.29, 1.82) is 0 Å². The molecular weight excluding hydrogens is 468 g/mol. The maximum atomic E-state index is 11.6. The minimum absolute atomic E-state index is 0.131. The molecule has 4 rings (SSSR count). The van der Waals surface area contributed by atoms with Gasteiger partial charge in [-0.25, -0.2) is 23.2 Å². The van der Waals surface area contributed by atoms with Gasteiger partial charge in [0.1, 0.15) is 11.5 Å². The molecule has 0 atom stereocenters. The third kappa shape index (κ3) is 4.78. The smallest absolute Gasteiger partial charge is 0.347 e. The number of nitrogens with one attached hydrogen (secondary N) is 1. The molecule has 11 nitrogen and oxygen atoms in total. The Morgan fingerprint density at radius 1 is 1.21 bits per heavy atom. The number of thiazole rings is 1. The molecule has 0 amide bonds. The molecule has 0 radical (unpaired) electrons. The summed E-state index contributed by atoms with van der Waals surface area (Å²) in [6.45, 7) is 4.32. The van der Waals surface area contributed by atoms with Gasteiger partial charge in [0.15, 0.2) is 26.1 Å². The fourth-order valence-corrected chi connectivity index (χ4v) is 4.46. The predicted molar refractivity (Wildman–Crippen MR) is 122 cm³/mol. The van der Waals surface area contributed by atoms with Crippen molar-refractivity contribution in [2.24, 2.45) is 0 Å². The number of aromatic nitrogens is 5. The summed E-state index contributed by atoms with van der Waals surface area (Å²) in [6, 6.07) is 6.38. The topological polar surface area (TPSA) is 149 Å². The van der Waals surface area contributed by atoms with Crippen LogP contribution in [0.4, 0.5) is 11.1 Å². The summed E-state index contributed by atoms with van der Waals surface area (Å²) in [5, 5.41) is 12.5. The minimum Gasteiger partial charge on any atom is -0.477 e. The van der Waals surface area contributed by atoms with E-state index in [0.29, 0.717) is 28.5 Å². The van der Waals surface area contributed by atoms with Crippen molar-refractivity contribution in [2.75, 3.05) is 11.6 Å². The van der Waals surface area contributed by atoms with Crippen LogP contribution in [0.15, 0.2) is 35.5 Å². The Kier molecular flexibility index (Phi) is 5.99. The van der Waals surface area contributed by atoms with Crippen molar-refractivity contribution in [3.05, 3.63) is 46.7 Å². The van der Waals surface area contributed by atoms with E-state index in [9.17, 15) is 18.3 Å². The molecule has 1 aromatic carbocycles. The van der Waals surface area contributed by atoms with Crippen molar-refractivity contribution < 1.29 is 23.1 Å². The summed E-state index contributed by atoms with van der Waals surface area (Å²) in [5.41, 5.74) is 2.16. The maximum absolute atomic E-state index is 11.6. The molecule has 0 spiro atoms. The second-order valence-electron chi connectivity index (χ2n) is 7.12. The predicted octanol–water partition coefficient (Wildman–Crippen LogP) is 3.04. The van der Waals surface area contributed by atoms with Gasteiger partial charge in [0.25, 0.3) is 0 Å². The number of hydrogen-bond donors (Lipinski definition) is 2. The minimum atomic E-state index is -3.28. The monoisotopic (exact) mass is 488 g/mol. The van der Waals surface area contributed by atoms with Crippen LogP contribution in [0.2, 0.25) is 0 Å². The number of carboxylic acids is 1. The highest BCUT2D eigenvalue weighted by Crippen LogP contribution is 2.28. The fourth-order valence-electron chi connectivity index (χ4n) is 3.03. The average molecular weight is 489 g/mol. The molecule has 0 unspecified atom stereocenters. The van der Waals surface area contributed by atoms with E-state index < -0.39 is 15.8 Å². The van der Waals surface area contributed by atoms with E-state index in [1.165, 1.54) is 12.1 Å². The third-order valence-corrected chi connectivity index (χ3v) is 6.90. The van der Waals surface area contributed by atoms with Crippen LogP contribution in [0, 0.1) is 6.92 Å². The van der Waals surface area contributed by atoms with Gasteiger partial charge in [-0.3, -0.25) is 5.32 Å². The molecule has 0 saturated carbocycles. The number of imidazole rings is 1. The number of fused-ring (bicyclic) bond motifs is 1. The molecule has 2 N–H and O–H groups in total. The van der Waals surface area contributed by atoms with E-state index in [0.717, 1.165) is 23.2 Å². The number of sulfone groups is 1. The van der Waals surface area contributed by atoms with E-state index in [-0.39, 0.29) is 28.2 Å². The lowest BCUT2D eigenvalue weighted by Gasteiger charge is -2.09.